The molecule has 0 spiro atoms. The minimum atomic E-state index is -0.670. The Hall–Kier alpha value is -4.17. The first-order valence-electron chi connectivity index (χ1n) is 10.3. The third kappa shape index (κ3) is 5.60. The Balaban J connectivity index is 1.52. The number of rotatable bonds is 8. The van der Waals surface area contributed by atoms with Crippen molar-refractivity contribution in [1.29, 1.82) is 0 Å². The molecule has 0 fully saturated rings. The van der Waals surface area contributed by atoms with Gasteiger partial charge < -0.3 is 4.74 Å². The fourth-order valence-corrected chi connectivity index (χ4v) is 4.01. The van der Waals surface area contributed by atoms with Crippen LogP contribution in [0.5, 0.6) is 0 Å². The SMILES string of the molecule is O=Cc1ccc(C(=O)OCC(=O)N(Cc2ccccc2)c2nc(-c3ccc(F)cc3)cs2)cc1. The summed E-state index contributed by atoms with van der Waals surface area (Å²) in [6.45, 7) is -0.242. The average Bonchev–Trinajstić information content (AvgIpc) is 3.36. The Kier molecular flexibility index (Phi) is 7.19. The molecule has 0 aliphatic carbocycles. The molecule has 6 nitrogen and oxygen atoms in total. The van der Waals surface area contributed by atoms with Crippen LogP contribution in [0.25, 0.3) is 11.3 Å². The number of ether oxygens (including phenoxy) is 1. The predicted molar refractivity (Wildman–Crippen MR) is 127 cm³/mol. The van der Waals surface area contributed by atoms with E-state index in [1.165, 1.54) is 52.6 Å². The molecule has 1 heterocycles. The molecule has 0 saturated heterocycles. The van der Waals surface area contributed by atoms with E-state index in [2.05, 4.69) is 4.98 Å². The summed E-state index contributed by atoms with van der Waals surface area (Å²) in [6, 6.07) is 21.3. The number of benzene rings is 3. The number of nitrogens with zero attached hydrogens (tertiary/aromatic N) is 2. The normalized spacial score (nSPS) is 10.5. The number of anilines is 1. The highest BCUT2D eigenvalue weighted by atomic mass is 32.1. The van der Waals surface area contributed by atoms with Gasteiger partial charge in [0.2, 0.25) is 0 Å². The van der Waals surface area contributed by atoms with Gasteiger partial charge >= 0.3 is 5.97 Å². The highest BCUT2D eigenvalue weighted by Crippen LogP contribution is 2.29. The van der Waals surface area contributed by atoms with Gasteiger partial charge in [0.25, 0.3) is 5.91 Å². The number of hydrogen-bond donors (Lipinski definition) is 0. The van der Waals surface area contributed by atoms with E-state index in [0.29, 0.717) is 22.7 Å². The summed E-state index contributed by atoms with van der Waals surface area (Å²) in [4.78, 5) is 42.2. The number of carbonyl (C=O) groups is 3. The third-order valence-corrected chi connectivity index (χ3v) is 5.82. The zero-order valence-corrected chi connectivity index (χ0v) is 18.7. The molecule has 0 bridgehead atoms. The van der Waals surface area contributed by atoms with Gasteiger partial charge in [0.05, 0.1) is 17.8 Å². The quantitative estimate of drug-likeness (QED) is 0.261. The molecule has 0 saturated carbocycles. The summed E-state index contributed by atoms with van der Waals surface area (Å²) in [7, 11) is 0. The van der Waals surface area contributed by atoms with Crippen molar-refractivity contribution in [2.75, 3.05) is 11.5 Å². The van der Waals surface area contributed by atoms with Gasteiger partial charge in [0.15, 0.2) is 11.7 Å². The highest BCUT2D eigenvalue weighted by molar-refractivity contribution is 7.14. The molecule has 0 N–H and O–H groups in total. The van der Waals surface area contributed by atoms with Crippen molar-refractivity contribution in [3.05, 3.63) is 107 Å². The summed E-state index contributed by atoms with van der Waals surface area (Å²) >= 11 is 1.27. The van der Waals surface area contributed by atoms with Crippen molar-refractivity contribution in [3.63, 3.8) is 0 Å². The van der Waals surface area contributed by atoms with Gasteiger partial charge in [-0.2, -0.15) is 0 Å². The van der Waals surface area contributed by atoms with Crippen molar-refractivity contribution in [2.24, 2.45) is 0 Å². The van der Waals surface area contributed by atoms with E-state index in [9.17, 15) is 18.8 Å². The molecule has 0 aliphatic heterocycles. The van der Waals surface area contributed by atoms with Gasteiger partial charge in [0.1, 0.15) is 12.1 Å². The van der Waals surface area contributed by atoms with Crippen molar-refractivity contribution in [2.45, 2.75) is 6.54 Å². The van der Waals surface area contributed by atoms with Crippen LogP contribution in [-0.2, 0) is 16.1 Å². The van der Waals surface area contributed by atoms with Gasteiger partial charge in [-0.15, -0.1) is 11.3 Å². The van der Waals surface area contributed by atoms with Gasteiger partial charge in [-0.1, -0.05) is 42.5 Å². The standard InChI is InChI=1S/C26H19FN2O4S/c27-22-12-10-20(11-13-22)23-17-34-26(28-23)29(14-18-4-2-1-3-5-18)24(31)16-33-25(32)21-8-6-19(15-30)7-9-21/h1-13,15,17H,14,16H2. The van der Waals surface area contributed by atoms with E-state index in [1.807, 2.05) is 30.3 Å². The first-order chi connectivity index (χ1) is 16.5. The van der Waals surface area contributed by atoms with Crippen LogP contribution in [0.4, 0.5) is 9.52 Å². The van der Waals surface area contributed by atoms with Gasteiger partial charge in [-0.05, 0) is 42.0 Å². The largest absolute Gasteiger partial charge is 0.452 e. The number of aromatic nitrogens is 1. The molecule has 170 valence electrons. The fraction of sp³-hybridized carbons (Fsp3) is 0.0769. The molecule has 3 aromatic carbocycles. The fourth-order valence-electron chi connectivity index (χ4n) is 3.16. The lowest BCUT2D eigenvalue weighted by Crippen LogP contribution is -2.34. The Bertz CT molecular complexity index is 1290. The van der Waals surface area contributed by atoms with Crippen LogP contribution < -0.4 is 4.90 Å². The monoisotopic (exact) mass is 474 g/mol. The topological polar surface area (TPSA) is 76.6 Å². The smallest absolute Gasteiger partial charge is 0.338 e. The van der Waals surface area contributed by atoms with Crippen LogP contribution in [0.1, 0.15) is 26.3 Å². The summed E-state index contributed by atoms with van der Waals surface area (Å²) in [6.07, 6.45) is 0.675. The van der Waals surface area contributed by atoms with Crippen LogP contribution in [0.2, 0.25) is 0 Å². The maximum absolute atomic E-state index is 13.3. The second-order valence-electron chi connectivity index (χ2n) is 7.30. The van der Waals surface area contributed by atoms with Crippen LogP contribution in [-0.4, -0.2) is 29.8 Å². The Morgan fingerprint density at radius 3 is 2.35 bits per heavy atom. The molecule has 4 aromatic rings. The number of amides is 1. The van der Waals surface area contributed by atoms with Crippen molar-refractivity contribution in [3.8, 4) is 11.3 Å². The molecule has 0 radical (unpaired) electrons. The number of hydrogen-bond acceptors (Lipinski definition) is 6. The van der Waals surface area contributed by atoms with Gasteiger partial charge in [0, 0.05) is 16.5 Å². The summed E-state index contributed by atoms with van der Waals surface area (Å²) < 4.78 is 18.5. The van der Waals surface area contributed by atoms with E-state index in [0.717, 1.165) is 11.1 Å². The zero-order chi connectivity index (χ0) is 23.9. The first kappa shape index (κ1) is 23.0. The lowest BCUT2D eigenvalue weighted by Gasteiger charge is -2.20. The Labute approximate surface area is 199 Å². The minimum absolute atomic E-state index is 0.237. The van der Waals surface area contributed by atoms with Crippen molar-refractivity contribution >= 4 is 34.6 Å². The molecule has 1 aromatic heterocycles. The van der Waals surface area contributed by atoms with E-state index in [4.69, 9.17) is 4.74 Å². The number of esters is 1. The summed E-state index contributed by atoms with van der Waals surface area (Å²) in [5.74, 6) is -1.46. The maximum Gasteiger partial charge on any atom is 0.338 e. The predicted octanol–water partition coefficient (Wildman–Crippen LogP) is 5.15. The molecule has 0 atom stereocenters. The Morgan fingerprint density at radius 2 is 1.68 bits per heavy atom. The molecule has 1 amide bonds. The molecular formula is C26H19FN2O4S. The van der Waals surface area contributed by atoms with Crippen LogP contribution in [0.3, 0.4) is 0 Å². The minimum Gasteiger partial charge on any atom is -0.452 e. The second kappa shape index (κ2) is 10.6. The number of aldehydes is 1. The van der Waals surface area contributed by atoms with Crippen molar-refractivity contribution < 1.29 is 23.5 Å². The first-order valence-corrected chi connectivity index (χ1v) is 11.2. The maximum atomic E-state index is 13.3. The molecular weight excluding hydrogens is 455 g/mol. The lowest BCUT2D eigenvalue weighted by molar-refractivity contribution is -0.121. The van der Waals surface area contributed by atoms with E-state index in [1.54, 1.807) is 17.5 Å². The van der Waals surface area contributed by atoms with Crippen molar-refractivity contribution in [1.82, 2.24) is 4.98 Å². The van der Waals surface area contributed by atoms with Gasteiger partial charge in [-0.25, -0.2) is 14.2 Å². The molecule has 4 rings (SSSR count). The summed E-state index contributed by atoms with van der Waals surface area (Å²) in [5.41, 5.74) is 2.88. The lowest BCUT2D eigenvalue weighted by atomic mass is 10.1. The molecule has 8 heteroatoms. The number of thiazole rings is 1. The highest BCUT2D eigenvalue weighted by Gasteiger charge is 2.22. The molecule has 34 heavy (non-hydrogen) atoms. The zero-order valence-electron chi connectivity index (χ0n) is 17.9. The Morgan fingerprint density at radius 1 is 0.971 bits per heavy atom. The number of carbonyl (C=O) groups excluding carboxylic acids is 3. The van der Waals surface area contributed by atoms with Crippen LogP contribution in [0.15, 0.2) is 84.2 Å². The molecule has 0 aliphatic rings. The number of halogens is 1. The second-order valence-corrected chi connectivity index (χ2v) is 8.14. The van der Waals surface area contributed by atoms with E-state index >= 15 is 0 Å². The average molecular weight is 475 g/mol. The summed E-state index contributed by atoms with van der Waals surface area (Å²) in [5, 5.41) is 2.22. The van der Waals surface area contributed by atoms with E-state index < -0.39 is 18.5 Å². The van der Waals surface area contributed by atoms with E-state index in [-0.39, 0.29) is 17.9 Å². The van der Waals surface area contributed by atoms with Gasteiger partial charge in [-0.3, -0.25) is 14.5 Å². The van der Waals surface area contributed by atoms with Crippen LogP contribution >= 0.6 is 11.3 Å². The van der Waals surface area contributed by atoms with Crippen LogP contribution in [0, 0.1) is 5.82 Å². The third-order valence-electron chi connectivity index (χ3n) is 4.96. The molecule has 0 unspecified atom stereocenters.